The zero-order chi connectivity index (χ0) is 15.0. The van der Waals surface area contributed by atoms with Crippen molar-refractivity contribution >= 4 is 18.3 Å². The molecule has 0 aromatic carbocycles. The van der Waals surface area contributed by atoms with Gasteiger partial charge in [0.15, 0.2) is 0 Å². The quantitative estimate of drug-likeness (QED) is 0.699. The first-order chi connectivity index (χ1) is 9.42. The summed E-state index contributed by atoms with van der Waals surface area (Å²) in [7, 11) is 0. The summed E-state index contributed by atoms with van der Waals surface area (Å²) in [6.07, 6.45) is -1.85. The van der Waals surface area contributed by atoms with E-state index >= 15 is 0 Å². The maximum atomic E-state index is 12.3. The van der Waals surface area contributed by atoms with Gasteiger partial charge in [0.25, 0.3) is 0 Å². The molecule has 1 amide bonds. The van der Waals surface area contributed by atoms with Crippen molar-refractivity contribution in [3.63, 3.8) is 0 Å². The molecular formula is C13H25ClF3N3O. The first-order valence-corrected chi connectivity index (χ1v) is 7.20. The molecule has 21 heavy (non-hydrogen) atoms. The van der Waals surface area contributed by atoms with Gasteiger partial charge < -0.3 is 10.6 Å². The number of piperidine rings is 1. The Labute approximate surface area is 130 Å². The lowest BCUT2D eigenvalue weighted by Gasteiger charge is -2.32. The van der Waals surface area contributed by atoms with Crippen LogP contribution in [-0.2, 0) is 4.79 Å². The van der Waals surface area contributed by atoms with Crippen molar-refractivity contribution in [1.29, 1.82) is 0 Å². The van der Waals surface area contributed by atoms with E-state index in [9.17, 15) is 18.0 Å². The molecule has 0 spiro atoms. The van der Waals surface area contributed by atoms with E-state index in [1.54, 1.807) is 0 Å². The van der Waals surface area contributed by atoms with Gasteiger partial charge in [0.05, 0.1) is 12.5 Å². The molecule has 0 saturated carbocycles. The Balaban J connectivity index is 0.00000400. The molecule has 1 saturated heterocycles. The third-order valence-electron chi connectivity index (χ3n) is 3.31. The van der Waals surface area contributed by atoms with Crippen molar-refractivity contribution in [3.8, 4) is 0 Å². The molecule has 1 heterocycles. The summed E-state index contributed by atoms with van der Waals surface area (Å²) in [5.74, 6) is -0.451. The number of likely N-dealkylation sites (tertiary alicyclic amines) is 1. The fraction of sp³-hybridized carbons (Fsp3) is 0.923. The van der Waals surface area contributed by atoms with Crippen LogP contribution in [0.25, 0.3) is 0 Å². The van der Waals surface area contributed by atoms with Crippen LogP contribution in [0.15, 0.2) is 0 Å². The molecule has 1 aliphatic rings. The Morgan fingerprint density at radius 1 is 1.29 bits per heavy atom. The third-order valence-corrected chi connectivity index (χ3v) is 3.31. The van der Waals surface area contributed by atoms with Crippen molar-refractivity contribution in [2.45, 2.75) is 32.4 Å². The molecule has 1 aliphatic heterocycles. The normalized spacial score (nSPS) is 19.9. The number of alkyl halides is 3. The van der Waals surface area contributed by atoms with E-state index in [0.717, 1.165) is 13.0 Å². The Kier molecular flexibility index (Phi) is 9.98. The first kappa shape index (κ1) is 20.5. The number of nitrogens with zero attached hydrogens (tertiary/aromatic N) is 1. The van der Waals surface area contributed by atoms with Gasteiger partial charge in [-0.05, 0) is 32.4 Å². The Morgan fingerprint density at radius 2 is 2.00 bits per heavy atom. The highest BCUT2D eigenvalue weighted by atomic mass is 35.5. The summed E-state index contributed by atoms with van der Waals surface area (Å²) in [6, 6.07) is 0. The van der Waals surface area contributed by atoms with Crippen LogP contribution in [0.5, 0.6) is 0 Å². The molecule has 1 fully saturated rings. The van der Waals surface area contributed by atoms with Gasteiger partial charge in [-0.2, -0.15) is 13.2 Å². The number of hydrogen-bond donors (Lipinski definition) is 2. The van der Waals surface area contributed by atoms with Crippen LogP contribution < -0.4 is 10.6 Å². The van der Waals surface area contributed by atoms with E-state index in [-0.39, 0.29) is 30.8 Å². The summed E-state index contributed by atoms with van der Waals surface area (Å²) >= 11 is 0. The summed E-state index contributed by atoms with van der Waals surface area (Å²) in [5.41, 5.74) is 0. The van der Waals surface area contributed by atoms with Gasteiger partial charge in [-0.25, -0.2) is 0 Å². The highest BCUT2D eigenvalue weighted by molar-refractivity contribution is 5.85. The minimum Gasteiger partial charge on any atom is -0.355 e. The number of amides is 1. The fourth-order valence-electron chi connectivity index (χ4n) is 2.39. The fourth-order valence-corrected chi connectivity index (χ4v) is 2.39. The lowest BCUT2D eigenvalue weighted by molar-refractivity contribution is -0.152. The summed E-state index contributed by atoms with van der Waals surface area (Å²) < 4.78 is 37.0. The summed E-state index contributed by atoms with van der Waals surface area (Å²) in [6.45, 7) is 3.87. The van der Waals surface area contributed by atoms with Crippen molar-refractivity contribution in [2.75, 3.05) is 39.3 Å². The van der Waals surface area contributed by atoms with Crippen LogP contribution in [0.2, 0.25) is 0 Å². The number of halogens is 4. The Hall–Kier alpha value is -0.530. The lowest BCUT2D eigenvalue weighted by Crippen LogP contribution is -2.46. The molecule has 8 heteroatoms. The van der Waals surface area contributed by atoms with Gasteiger partial charge in [0, 0.05) is 19.6 Å². The topological polar surface area (TPSA) is 44.4 Å². The van der Waals surface area contributed by atoms with Crippen LogP contribution in [0.3, 0.4) is 0 Å². The highest BCUT2D eigenvalue weighted by Gasteiger charge is 2.34. The molecule has 0 bridgehead atoms. The molecule has 0 aliphatic carbocycles. The standard InChI is InChI=1S/C13H24F3N3O.ClH/c1-2-5-17-6-7-18-12(20)11-4-3-8-19(9-11)10-13(14,15)16;/h11,17H,2-10H2,1H3,(H,18,20);1H. The monoisotopic (exact) mass is 331 g/mol. The highest BCUT2D eigenvalue weighted by Crippen LogP contribution is 2.22. The zero-order valence-electron chi connectivity index (χ0n) is 12.3. The van der Waals surface area contributed by atoms with Gasteiger partial charge in [0.2, 0.25) is 5.91 Å². The number of carbonyl (C=O) groups excluding carboxylic acids is 1. The van der Waals surface area contributed by atoms with E-state index in [4.69, 9.17) is 0 Å². The first-order valence-electron chi connectivity index (χ1n) is 7.20. The molecule has 1 unspecified atom stereocenters. The molecule has 0 aromatic rings. The maximum Gasteiger partial charge on any atom is 0.401 e. The van der Waals surface area contributed by atoms with Crippen LogP contribution >= 0.6 is 12.4 Å². The molecule has 0 radical (unpaired) electrons. The largest absolute Gasteiger partial charge is 0.401 e. The number of nitrogens with one attached hydrogen (secondary N) is 2. The van der Waals surface area contributed by atoms with Gasteiger partial charge in [0.1, 0.15) is 0 Å². The van der Waals surface area contributed by atoms with Crippen LogP contribution in [-0.4, -0.2) is 56.3 Å². The van der Waals surface area contributed by atoms with Crippen LogP contribution in [0.4, 0.5) is 13.2 Å². The second-order valence-electron chi connectivity index (χ2n) is 5.23. The van der Waals surface area contributed by atoms with Gasteiger partial charge in [-0.1, -0.05) is 6.92 Å². The van der Waals surface area contributed by atoms with E-state index < -0.39 is 12.7 Å². The molecule has 1 atom stereocenters. The van der Waals surface area contributed by atoms with Crippen molar-refractivity contribution in [2.24, 2.45) is 5.92 Å². The predicted octanol–water partition coefficient (Wildman–Crippen LogP) is 1.80. The Bertz CT molecular complexity index is 303. The SMILES string of the molecule is CCCNCCNC(=O)C1CCCN(CC(F)(F)F)C1.Cl. The number of rotatable bonds is 7. The zero-order valence-corrected chi connectivity index (χ0v) is 13.2. The van der Waals surface area contributed by atoms with Crippen molar-refractivity contribution < 1.29 is 18.0 Å². The van der Waals surface area contributed by atoms with Crippen LogP contribution in [0.1, 0.15) is 26.2 Å². The van der Waals surface area contributed by atoms with E-state index in [1.165, 1.54) is 4.90 Å². The molecule has 1 rings (SSSR count). The van der Waals surface area contributed by atoms with Gasteiger partial charge in [-0.15, -0.1) is 12.4 Å². The summed E-state index contributed by atoms with van der Waals surface area (Å²) in [5, 5.41) is 5.94. The van der Waals surface area contributed by atoms with E-state index in [2.05, 4.69) is 17.6 Å². The lowest BCUT2D eigenvalue weighted by atomic mass is 9.97. The molecule has 126 valence electrons. The number of carbonyl (C=O) groups is 1. The molecule has 0 aromatic heterocycles. The van der Waals surface area contributed by atoms with Crippen molar-refractivity contribution in [3.05, 3.63) is 0 Å². The molecule has 2 N–H and O–H groups in total. The van der Waals surface area contributed by atoms with Gasteiger partial charge >= 0.3 is 6.18 Å². The minimum atomic E-state index is -4.19. The number of hydrogen-bond acceptors (Lipinski definition) is 3. The minimum absolute atomic E-state index is 0. The summed E-state index contributed by atoms with van der Waals surface area (Å²) in [4.78, 5) is 13.2. The second kappa shape index (κ2) is 10.2. The average Bonchev–Trinajstić information content (AvgIpc) is 2.36. The van der Waals surface area contributed by atoms with Crippen LogP contribution in [0, 0.1) is 5.92 Å². The van der Waals surface area contributed by atoms with E-state index in [0.29, 0.717) is 32.5 Å². The van der Waals surface area contributed by atoms with E-state index in [1.807, 2.05) is 0 Å². The smallest absolute Gasteiger partial charge is 0.355 e. The molecule has 4 nitrogen and oxygen atoms in total. The maximum absolute atomic E-state index is 12.3. The van der Waals surface area contributed by atoms with Gasteiger partial charge in [-0.3, -0.25) is 9.69 Å². The molecular weight excluding hydrogens is 307 g/mol. The average molecular weight is 332 g/mol. The predicted molar refractivity (Wildman–Crippen MR) is 78.6 cm³/mol. The second-order valence-corrected chi connectivity index (χ2v) is 5.23. The Morgan fingerprint density at radius 3 is 2.62 bits per heavy atom. The third kappa shape index (κ3) is 9.16. The van der Waals surface area contributed by atoms with Crippen molar-refractivity contribution in [1.82, 2.24) is 15.5 Å².